The first kappa shape index (κ1) is 16.2. The number of nitrogens with one attached hydrogen (secondary N) is 1. The van der Waals surface area contributed by atoms with E-state index in [1.807, 2.05) is 0 Å². The Morgan fingerprint density at radius 1 is 1.43 bits per heavy atom. The minimum absolute atomic E-state index is 0.0956. The molecule has 0 bridgehead atoms. The van der Waals surface area contributed by atoms with Crippen molar-refractivity contribution in [2.45, 2.75) is 25.3 Å². The van der Waals surface area contributed by atoms with Crippen LogP contribution in [-0.2, 0) is 15.0 Å². The fourth-order valence-electron chi connectivity index (χ4n) is 2.22. The van der Waals surface area contributed by atoms with Crippen molar-refractivity contribution in [2.75, 3.05) is 11.3 Å². The van der Waals surface area contributed by atoms with Crippen LogP contribution in [0.1, 0.15) is 19.3 Å². The number of nitrogens with zero attached hydrogens (tertiary/aromatic N) is 1. The molecular weight excluding hydrogens is 367 g/mol. The first-order chi connectivity index (χ1) is 9.83. The van der Waals surface area contributed by atoms with Gasteiger partial charge in [-0.25, -0.2) is 4.39 Å². The first-order valence-corrected chi connectivity index (χ1v) is 8.52. The summed E-state index contributed by atoms with van der Waals surface area (Å²) in [5, 5.41) is 9.13. The summed E-state index contributed by atoms with van der Waals surface area (Å²) in [6, 6.07) is 2.92. The Bertz CT molecular complexity index is 632. The molecule has 0 amide bonds. The molecule has 6 nitrogen and oxygen atoms in total. The van der Waals surface area contributed by atoms with Gasteiger partial charge in [-0.1, -0.05) is 6.07 Å². The summed E-state index contributed by atoms with van der Waals surface area (Å²) in [6.45, 7) is 0.0956. The molecule has 0 radical (unpaired) electrons. The average Bonchev–Trinajstić information content (AvgIpc) is 2.43. The van der Waals surface area contributed by atoms with E-state index in [2.05, 4.69) is 20.7 Å². The minimum atomic E-state index is -4.14. The third-order valence-corrected chi connectivity index (χ3v) is 5.42. The van der Waals surface area contributed by atoms with E-state index < -0.39 is 28.0 Å². The predicted octanol–water partition coefficient (Wildman–Crippen LogP) is 2.18. The van der Waals surface area contributed by atoms with Crippen molar-refractivity contribution in [3.05, 3.63) is 28.5 Å². The molecule has 2 N–H and O–H groups in total. The largest absolute Gasteiger partial charge is 0.480 e. The zero-order chi connectivity index (χ0) is 15.6. The lowest BCUT2D eigenvalue weighted by molar-refractivity contribution is -0.142. The second-order valence-corrected chi connectivity index (χ2v) is 7.14. The minimum Gasteiger partial charge on any atom is -0.480 e. The Hall–Kier alpha value is -1.19. The molecule has 0 spiro atoms. The van der Waals surface area contributed by atoms with Crippen LogP contribution in [0, 0.1) is 5.82 Å². The van der Waals surface area contributed by atoms with E-state index in [0.29, 0.717) is 12.8 Å². The normalized spacial score (nSPS) is 20.2. The number of para-hydroxylation sites is 1. The summed E-state index contributed by atoms with van der Waals surface area (Å²) in [6.07, 6.45) is 1.46. The molecule has 1 aliphatic heterocycles. The van der Waals surface area contributed by atoms with Crippen molar-refractivity contribution in [1.29, 1.82) is 0 Å². The van der Waals surface area contributed by atoms with Gasteiger partial charge < -0.3 is 5.11 Å². The number of hydrogen-bond acceptors (Lipinski definition) is 3. The molecule has 1 atom stereocenters. The lowest BCUT2D eigenvalue weighted by atomic mass is 10.1. The van der Waals surface area contributed by atoms with Gasteiger partial charge in [-0.15, -0.1) is 0 Å². The summed E-state index contributed by atoms with van der Waals surface area (Å²) in [7, 11) is -4.14. The van der Waals surface area contributed by atoms with Gasteiger partial charge in [0.15, 0.2) is 0 Å². The van der Waals surface area contributed by atoms with Crippen LogP contribution in [-0.4, -0.2) is 36.4 Å². The van der Waals surface area contributed by atoms with Crippen molar-refractivity contribution in [1.82, 2.24) is 4.31 Å². The SMILES string of the molecule is O=C(O)C1CCCCN1S(=O)(=O)Nc1c(F)cccc1Br. The monoisotopic (exact) mass is 380 g/mol. The van der Waals surface area contributed by atoms with Gasteiger partial charge in [-0.05, 0) is 47.3 Å². The second-order valence-electron chi connectivity index (χ2n) is 4.66. The summed E-state index contributed by atoms with van der Waals surface area (Å²) in [5.74, 6) is -1.94. The maximum Gasteiger partial charge on any atom is 0.322 e. The smallest absolute Gasteiger partial charge is 0.322 e. The van der Waals surface area contributed by atoms with Crippen LogP contribution in [0.25, 0.3) is 0 Å². The maximum atomic E-state index is 13.7. The Balaban J connectivity index is 2.31. The summed E-state index contributed by atoms with van der Waals surface area (Å²) in [4.78, 5) is 11.2. The molecule has 21 heavy (non-hydrogen) atoms. The number of aliphatic carboxylic acids is 1. The highest BCUT2D eigenvalue weighted by Gasteiger charge is 2.37. The molecular formula is C12H14BrFN2O4S. The highest BCUT2D eigenvalue weighted by molar-refractivity contribution is 9.10. The number of piperidine rings is 1. The molecule has 1 aromatic carbocycles. The van der Waals surface area contributed by atoms with Crippen LogP contribution in [0.5, 0.6) is 0 Å². The molecule has 116 valence electrons. The maximum absolute atomic E-state index is 13.7. The first-order valence-electron chi connectivity index (χ1n) is 6.29. The van der Waals surface area contributed by atoms with E-state index in [9.17, 15) is 17.6 Å². The molecule has 2 rings (SSSR count). The van der Waals surface area contributed by atoms with Gasteiger partial charge in [0.2, 0.25) is 0 Å². The fourth-order valence-corrected chi connectivity index (χ4v) is 4.28. The van der Waals surface area contributed by atoms with Crippen LogP contribution in [0.4, 0.5) is 10.1 Å². The number of anilines is 1. The summed E-state index contributed by atoms with van der Waals surface area (Å²) < 4.78 is 41.6. The van der Waals surface area contributed by atoms with Crippen LogP contribution in [0.3, 0.4) is 0 Å². The van der Waals surface area contributed by atoms with E-state index in [1.165, 1.54) is 12.1 Å². The van der Waals surface area contributed by atoms with Crippen molar-refractivity contribution < 1.29 is 22.7 Å². The molecule has 1 aromatic rings. The Labute approximate surface area is 130 Å². The lowest BCUT2D eigenvalue weighted by Crippen LogP contribution is -2.50. The molecule has 0 saturated carbocycles. The second kappa shape index (κ2) is 6.29. The van der Waals surface area contributed by atoms with Crippen molar-refractivity contribution >= 4 is 37.8 Å². The molecule has 0 aromatic heterocycles. The third-order valence-electron chi connectivity index (χ3n) is 3.24. The van der Waals surface area contributed by atoms with Crippen molar-refractivity contribution in [2.24, 2.45) is 0 Å². The number of hydrogen-bond donors (Lipinski definition) is 2. The number of halogens is 2. The predicted molar refractivity (Wildman–Crippen MR) is 78.6 cm³/mol. The quantitative estimate of drug-likeness (QED) is 0.837. The number of carbonyl (C=O) groups is 1. The molecule has 1 aliphatic rings. The number of rotatable bonds is 4. The van der Waals surface area contributed by atoms with E-state index in [-0.39, 0.29) is 23.1 Å². The van der Waals surface area contributed by atoms with Crippen molar-refractivity contribution in [3.63, 3.8) is 0 Å². The summed E-state index contributed by atoms with van der Waals surface area (Å²) >= 11 is 3.07. The average molecular weight is 381 g/mol. The molecule has 1 saturated heterocycles. The highest BCUT2D eigenvalue weighted by atomic mass is 79.9. The molecule has 1 unspecified atom stereocenters. The van der Waals surface area contributed by atoms with Gasteiger partial charge in [0.1, 0.15) is 11.9 Å². The molecule has 9 heteroatoms. The Morgan fingerprint density at radius 3 is 2.76 bits per heavy atom. The van der Waals surface area contributed by atoms with Gasteiger partial charge in [0.05, 0.1) is 5.69 Å². The van der Waals surface area contributed by atoms with E-state index in [1.54, 1.807) is 0 Å². The van der Waals surface area contributed by atoms with E-state index in [4.69, 9.17) is 5.11 Å². The van der Waals surface area contributed by atoms with Crippen LogP contribution in [0.15, 0.2) is 22.7 Å². The highest BCUT2D eigenvalue weighted by Crippen LogP contribution is 2.28. The van der Waals surface area contributed by atoms with E-state index >= 15 is 0 Å². The summed E-state index contributed by atoms with van der Waals surface area (Å²) in [5.41, 5.74) is -0.229. The van der Waals surface area contributed by atoms with Gasteiger partial charge in [-0.3, -0.25) is 9.52 Å². The standard InChI is InChI=1S/C12H14BrFN2O4S/c13-8-4-3-5-9(14)11(8)15-21(19,20)16-7-2-1-6-10(16)12(17)18/h3-5,10,15H,1-2,6-7H2,(H,17,18). The van der Waals surface area contributed by atoms with Gasteiger partial charge in [0.25, 0.3) is 0 Å². The molecule has 0 aliphatic carbocycles. The molecule has 1 heterocycles. The van der Waals surface area contributed by atoms with Gasteiger partial charge in [0, 0.05) is 11.0 Å². The fraction of sp³-hybridized carbons (Fsp3) is 0.417. The number of carboxylic acid groups (broad SMARTS) is 1. The Kier molecular flexibility index (Phi) is 4.84. The van der Waals surface area contributed by atoms with Gasteiger partial charge in [-0.2, -0.15) is 12.7 Å². The Morgan fingerprint density at radius 2 is 2.14 bits per heavy atom. The zero-order valence-corrected chi connectivity index (χ0v) is 13.3. The topological polar surface area (TPSA) is 86.7 Å². The van der Waals surface area contributed by atoms with Crippen LogP contribution >= 0.6 is 15.9 Å². The van der Waals surface area contributed by atoms with E-state index in [0.717, 1.165) is 10.4 Å². The lowest BCUT2D eigenvalue weighted by Gasteiger charge is -2.32. The van der Waals surface area contributed by atoms with Gasteiger partial charge >= 0.3 is 16.2 Å². The van der Waals surface area contributed by atoms with Crippen molar-refractivity contribution in [3.8, 4) is 0 Å². The number of benzene rings is 1. The third kappa shape index (κ3) is 3.53. The molecule has 1 fully saturated rings. The van der Waals surface area contributed by atoms with Crippen LogP contribution in [0.2, 0.25) is 0 Å². The number of carboxylic acids is 1. The zero-order valence-electron chi connectivity index (χ0n) is 10.9. The van der Waals surface area contributed by atoms with Crippen LogP contribution < -0.4 is 4.72 Å².